The van der Waals surface area contributed by atoms with Crippen LogP contribution in [0.4, 0.5) is 11.4 Å². The second-order valence-corrected chi connectivity index (χ2v) is 4.14. The maximum absolute atomic E-state index is 8.49. The average molecular weight is 283 g/mol. The molecule has 0 aliphatic heterocycles. The topological polar surface area (TPSA) is 119 Å². The summed E-state index contributed by atoms with van der Waals surface area (Å²) in [6.07, 6.45) is 0. The van der Waals surface area contributed by atoms with Gasteiger partial charge in [-0.3, -0.25) is 0 Å². The lowest BCUT2D eigenvalue weighted by Gasteiger charge is -2.17. The molecule has 0 radical (unpaired) electrons. The summed E-state index contributed by atoms with van der Waals surface area (Å²) in [6.45, 7) is 0. The van der Waals surface area contributed by atoms with E-state index in [0.717, 1.165) is 11.4 Å². The molecule has 1 N–H and O–H groups in total. The molecule has 0 unspecified atom stereocenters. The number of para-hydroxylation sites is 2. The number of rotatable bonds is 2. The molecule has 6 nitrogen and oxygen atoms in total. The van der Waals surface area contributed by atoms with Gasteiger partial charge in [0, 0.05) is 24.3 Å². The summed E-state index contributed by atoms with van der Waals surface area (Å²) in [5, 5.41) is 0. The molecule has 0 spiro atoms. The molecule has 0 aliphatic rings. The van der Waals surface area contributed by atoms with Gasteiger partial charge in [-0.25, -0.2) is 18.6 Å². The summed E-state index contributed by atoms with van der Waals surface area (Å²) >= 11 is 0. The van der Waals surface area contributed by atoms with E-state index in [4.69, 9.17) is 24.2 Å². The van der Waals surface area contributed by atoms with Crippen molar-refractivity contribution in [3.63, 3.8) is 0 Å². The van der Waals surface area contributed by atoms with Crippen LogP contribution < -0.4 is 23.3 Å². The highest BCUT2D eigenvalue weighted by Gasteiger charge is 2.10. The fraction of sp³-hybridized carbons (Fsp3) is 0. The van der Waals surface area contributed by atoms with Crippen LogP contribution in [-0.4, -0.2) is 0 Å². The minimum absolute atomic E-state index is 0.874. The minimum Gasteiger partial charge on any atom is -0.222 e. The van der Waals surface area contributed by atoms with Crippen LogP contribution in [0.1, 0.15) is 0 Å². The quantitative estimate of drug-likeness (QED) is 0.549. The smallest absolute Gasteiger partial charge is 0.222 e. The Morgan fingerprint density at radius 1 is 0.684 bits per heavy atom. The first kappa shape index (κ1) is 15.2. The maximum atomic E-state index is 8.49. The third-order valence-corrected chi connectivity index (χ3v) is 2.03. The molecule has 0 amide bonds. The lowest BCUT2D eigenvalue weighted by atomic mass is 10.2. The summed E-state index contributed by atoms with van der Waals surface area (Å²) in [5.74, 6) is 0. The first-order valence-corrected chi connectivity index (χ1v) is 6.34. The molecule has 2 rings (SSSR count). The summed E-state index contributed by atoms with van der Waals surface area (Å²) in [5.41, 5.74) is 9.64. The van der Waals surface area contributed by atoms with E-state index >= 15 is 0 Å². The molecule has 19 heavy (non-hydrogen) atoms. The molecule has 0 saturated heterocycles. The molecule has 2 aromatic carbocycles. The van der Waals surface area contributed by atoms with E-state index < -0.39 is 10.2 Å². The molecule has 0 bridgehead atoms. The predicted octanol–water partition coefficient (Wildman–Crippen LogP) is -1.20. The monoisotopic (exact) mass is 282 g/mol. The number of halogens is 1. The van der Waals surface area contributed by atoms with Gasteiger partial charge >= 0.3 is 0 Å². The molecule has 0 saturated carbocycles. The number of nitrogens with one attached hydrogen (secondary N) is 1. The van der Waals surface area contributed by atoms with Crippen LogP contribution in [0.3, 0.4) is 0 Å². The Bertz CT molecular complexity index is 467. The Hall–Kier alpha value is -1.83. The number of hydrogen-bond donors (Lipinski definition) is 1. The van der Waals surface area contributed by atoms with E-state index in [-0.39, 0.29) is 0 Å². The first-order valence-electron chi connectivity index (χ1n) is 5.11. The predicted molar refractivity (Wildman–Crippen MR) is 57.1 cm³/mol. The maximum Gasteiger partial charge on any atom is 0.238 e. The van der Waals surface area contributed by atoms with Crippen LogP contribution in [0.5, 0.6) is 0 Å². The van der Waals surface area contributed by atoms with Gasteiger partial charge in [-0.05, 0) is 5.53 Å². The van der Waals surface area contributed by atoms with Crippen molar-refractivity contribution in [3.05, 3.63) is 60.7 Å². The Morgan fingerprint density at radius 2 is 0.947 bits per heavy atom. The molecule has 0 aliphatic carbocycles. The lowest BCUT2D eigenvalue weighted by Crippen LogP contribution is -2.68. The highest BCUT2D eigenvalue weighted by atomic mass is 35.7. The zero-order valence-corrected chi connectivity index (χ0v) is 10.5. The molecule has 0 fully saturated rings. The van der Waals surface area contributed by atoms with Crippen molar-refractivity contribution < 1.29 is 28.9 Å². The van der Waals surface area contributed by atoms with Crippen LogP contribution in [0.15, 0.2) is 60.7 Å². The van der Waals surface area contributed by atoms with E-state index in [1.165, 1.54) is 4.70 Å². The lowest BCUT2D eigenvalue weighted by molar-refractivity contribution is -2.00. The van der Waals surface area contributed by atoms with E-state index in [1.54, 1.807) is 0 Å². The number of hydrogen-bond acceptors (Lipinski definition) is 5. The average Bonchev–Trinajstić information content (AvgIpc) is 2.38. The summed E-state index contributed by atoms with van der Waals surface area (Å²) in [4.78, 5) is 0. The van der Waals surface area contributed by atoms with Crippen molar-refractivity contribution in [1.82, 2.24) is 4.70 Å². The SMILES string of the molecule is N=[N+](c1ccccc1)c1ccccc1.[O-][Cl+3]([O-])([O-])[O-]. The highest BCUT2D eigenvalue weighted by molar-refractivity contribution is 5.49. The Kier molecular flexibility index (Phi) is 5.56. The van der Waals surface area contributed by atoms with Gasteiger partial charge in [0.25, 0.3) is 0 Å². The minimum atomic E-state index is -4.94. The van der Waals surface area contributed by atoms with Crippen molar-refractivity contribution in [2.45, 2.75) is 0 Å². The van der Waals surface area contributed by atoms with Gasteiger partial charge in [0.05, 0.1) is 0 Å². The van der Waals surface area contributed by atoms with Crippen LogP contribution >= 0.6 is 0 Å². The third-order valence-electron chi connectivity index (χ3n) is 2.03. The zero-order chi connectivity index (χ0) is 14.3. The third kappa shape index (κ3) is 6.61. The van der Waals surface area contributed by atoms with Crippen LogP contribution in [0.25, 0.3) is 0 Å². The van der Waals surface area contributed by atoms with E-state index in [0.29, 0.717) is 0 Å². The molecular formula is C12H11ClN2O4. The number of benzene rings is 2. The van der Waals surface area contributed by atoms with Gasteiger partial charge in [-0.1, -0.05) is 41.1 Å². The van der Waals surface area contributed by atoms with Gasteiger partial charge < -0.3 is 0 Å². The Labute approximate surface area is 112 Å². The van der Waals surface area contributed by atoms with Gasteiger partial charge in [-0.15, -0.1) is 10.2 Å². The Balaban J connectivity index is 0.000000312. The largest absolute Gasteiger partial charge is 0.238 e. The summed E-state index contributed by atoms with van der Waals surface area (Å²) in [6, 6.07) is 19.3. The summed E-state index contributed by atoms with van der Waals surface area (Å²) < 4.78 is 35.4. The second kappa shape index (κ2) is 6.93. The van der Waals surface area contributed by atoms with E-state index in [2.05, 4.69) is 0 Å². The molecular weight excluding hydrogens is 272 g/mol. The summed E-state index contributed by atoms with van der Waals surface area (Å²) in [7, 11) is -4.94. The standard InChI is InChI=1S/C12H11N2.ClHO4/c13-14(11-7-3-1-4-8-11)12-9-5-2-6-10-12;2-1(3,4)5/h1-10,13H;(H,2,3,4,5)/q+1;/p-1. The molecule has 0 aromatic heterocycles. The number of nitrogens with zero attached hydrogens (tertiary/aromatic N) is 1. The van der Waals surface area contributed by atoms with Gasteiger partial charge in [-0.2, -0.15) is 0 Å². The zero-order valence-electron chi connectivity index (χ0n) is 9.73. The molecule has 2 aromatic rings. The van der Waals surface area contributed by atoms with Gasteiger partial charge in [0.2, 0.25) is 11.4 Å². The van der Waals surface area contributed by atoms with E-state index in [1.807, 2.05) is 60.7 Å². The van der Waals surface area contributed by atoms with Gasteiger partial charge in [0.1, 0.15) is 0 Å². The normalized spacial score (nSPS) is 10.3. The molecule has 0 atom stereocenters. The van der Waals surface area contributed by atoms with Crippen LogP contribution in [0, 0.1) is 15.8 Å². The second-order valence-electron chi connectivity index (χ2n) is 3.38. The molecule has 0 heterocycles. The fourth-order valence-corrected chi connectivity index (χ4v) is 1.30. The van der Waals surface area contributed by atoms with Gasteiger partial charge in [0.15, 0.2) is 0 Å². The van der Waals surface area contributed by atoms with Crippen LogP contribution in [0.2, 0.25) is 0 Å². The highest BCUT2D eigenvalue weighted by Crippen LogP contribution is 2.18. The molecule has 100 valence electrons. The fourth-order valence-electron chi connectivity index (χ4n) is 1.30. The van der Waals surface area contributed by atoms with Crippen molar-refractivity contribution >= 4 is 11.4 Å². The first-order chi connectivity index (χ1) is 8.88. The Morgan fingerprint density at radius 3 is 1.21 bits per heavy atom. The van der Waals surface area contributed by atoms with E-state index in [9.17, 15) is 0 Å². The van der Waals surface area contributed by atoms with Crippen molar-refractivity contribution in [1.29, 1.82) is 5.53 Å². The molecule has 7 heteroatoms. The van der Waals surface area contributed by atoms with Crippen LogP contribution in [-0.2, 0) is 0 Å². The van der Waals surface area contributed by atoms with Crippen molar-refractivity contribution in [3.8, 4) is 0 Å². The van der Waals surface area contributed by atoms with Crippen molar-refractivity contribution in [2.24, 2.45) is 0 Å². The van der Waals surface area contributed by atoms with Crippen molar-refractivity contribution in [2.75, 3.05) is 0 Å².